The average Bonchev–Trinajstić information content (AvgIpc) is 3.25. The van der Waals surface area contributed by atoms with Gasteiger partial charge in [0.2, 0.25) is 0 Å². The Morgan fingerprint density at radius 2 is 0.768 bits per heavy atom. The van der Waals surface area contributed by atoms with E-state index >= 15 is 8.78 Å². The maximum absolute atomic E-state index is 17.6. The van der Waals surface area contributed by atoms with Gasteiger partial charge in [-0.15, -0.1) is 0 Å². The standard InChI is InChI=1S/C48H46F2O6/c49-48(50)43(35-51-30-36-16-6-1-7-17-36)44(53-32-38-20-10-3-11-21-38)45(54-33-39-22-12-4-13-23-39)46(55-34-40-24-14-5-15-25-40)47(48)56-42-28-26-41(27-29-42)52-31-37-18-8-2-9-19-37/h1-29,43-47H,30-35H2/t43-,44-,45+,46-,47+/m1/s1. The van der Waals surface area contributed by atoms with Crippen LogP contribution in [0.4, 0.5) is 8.78 Å². The minimum atomic E-state index is -3.51. The molecule has 0 spiro atoms. The van der Waals surface area contributed by atoms with E-state index in [2.05, 4.69) is 0 Å². The number of hydrogen-bond donors (Lipinski definition) is 0. The lowest BCUT2D eigenvalue weighted by molar-refractivity contribution is -0.298. The first kappa shape index (κ1) is 38.9. The Bertz CT molecular complexity index is 2000. The Balaban J connectivity index is 1.22. The van der Waals surface area contributed by atoms with E-state index in [-0.39, 0.29) is 38.8 Å². The van der Waals surface area contributed by atoms with Crippen LogP contribution >= 0.6 is 0 Å². The second-order valence-electron chi connectivity index (χ2n) is 13.8. The highest BCUT2D eigenvalue weighted by Crippen LogP contribution is 2.46. The summed E-state index contributed by atoms with van der Waals surface area (Å²) in [6.07, 6.45) is -5.15. The largest absolute Gasteiger partial charge is 0.489 e. The van der Waals surface area contributed by atoms with Gasteiger partial charge in [0, 0.05) is 0 Å². The van der Waals surface area contributed by atoms with Crippen LogP contribution in [0.2, 0.25) is 0 Å². The Hall–Kier alpha value is -5.38. The number of ether oxygens (including phenoxy) is 6. The summed E-state index contributed by atoms with van der Waals surface area (Å²) in [6, 6.07) is 54.6. The van der Waals surface area contributed by atoms with Gasteiger partial charge in [0.05, 0.1) is 45.1 Å². The average molecular weight is 757 g/mol. The lowest BCUT2D eigenvalue weighted by Crippen LogP contribution is -2.68. The molecule has 0 radical (unpaired) electrons. The van der Waals surface area contributed by atoms with E-state index in [9.17, 15) is 0 Å². The number of hydrogen-bond acceptors (Lipinski definition) is 6. The van der Waals surface area contributed by atoms with Crippen LogP contribution in [0.15, 0.2) is 176 Å². The van der Waals surface area contributed by atoms with Crippen molar-refractivity contribution in [3.8, 4) is 11.5 Å². The van der Waals surface area contributed by atoms with Gasteiger partial charge in [-0.3, -0.25) is 0 Å². The summed E-state index contributed by atoms with van der Waals surface area (Å²) in [7, 11) is 0. The van der Waals surface area contributed by atoms with Crippen LogP contribution in [0.5, 0.6) is 11.5 Å². The van der Waals surface area contributed by atoms with Crippen LogP contribution in [-0.2, 0) is 52.0 Å². The summed E-state index contributed by atoms with van der Waals surface area (Å²) in [4.78, 5) is 0. The SMILES string of the molecule is FC1(F)[C@H](COCc2ccccc2)[C@@H](OCc2ccccc2)[C@H](OCc2ccccc2)[C@@H](OCc2ccccc2)[C@@H]1Oc1ccc(OCc2ccccc2)cc1. The van der Waals surface area contributed by atoms with E-state index in [4.69, 9.17) is 28.4 Å². The highest BCUT2D eigenvalue weighted by molar-refractivity contribution is 5.32. The van der Waals surface area contributed by atoms with Crippen molar-refractivity contribution in [1.29, 1.82) is 0 Å². The number of alkyl halides is 2. The van der Waals surface area contributed by atoms with Gasteiger partial charge < -0.3 is 28.4 Å². The summed E-state index contributed by atoms with van der Waals surface area (Å²) in [5.41, 5.74) is 4.44. The van der Waals surface area contributed by atoms with Crippen LogP contribution in [0.1, 0.15) is 27.8 Å². The number of benzene rings is 6. The van der Waals surface area contributed by atoms with Crippen molar-refractivity contribution in [2.45, 2.75) is 63.4 Å². The maximum atomic E-state index is 17.6. The van der Waals surface area contributed by atoms with Gasteiger partial charge in [0.15, 0.2) is 6.10 Å². The molecule has 5 atom stereocenters. The van der Waals surface area contributed by atoms with E-state index < -0.39 is 36.3 Å². The molecule has 0 aliphatic heterocycles. The van der Waals surface area contributed by atoms with Crippen LogP contribution < -0.4 is 9.47 Å². The first-order valence-electron chi connectivity index (χ1n) is 18.9. The molecule has 8 heteroatoms. The summed E-state index contributed by atoms with van der Waals surface area (Å²) < 4.78 is 73.3. The fraction of sp³-hybridized carbons (Fsp3) is 0.250. The van der Waals surface area contributed by atoms with Gasteiger partial charge in [-0.05, 0) is 52.1 Å². The van der Waals surface area contributed by atoms with E-state index in [1.807, 2.05) is 152 Å². The molecule has 6 nitrogen and oxygen atoms in total. The predicted octanol–water partition coefficient (Wildman–Crippen LogP) is 10.3. The van der Waals surface area contributed by atoms with Crippen LogP contribution in [0, 0.1) is 5.92 Å². The third-order valence-corrected chi connectivity index (χ3v) is 9.82. The Kier molecular flexibility index (Phi) is 13.5. The molecule has 0 saturated heterocycles. The first-order valence-corrected chi connectivity index (χ1v) is 18.9. The van der Waals surface area contributed by atoms with Crippen molar-refractivity contribution in [2.75, 3.05) is 6.61 Å². The Morgan fingerprint density at radius 1 is 0.393 bits per heavy atom. The van der Waals surface area contributed by atoms with Gasteiger partial charge in [0.25, 0.3) is 5.92 Å². The fourth-order valence-electron chi connectivity index (χ4n) is 6.85. The molecule has 56 heavy (non-hydrogen) atoms. The van der Waals surface area contributed by atoms with Crippen molar-refractivity contribution >= 4 is 0 Å². The highest BCUT2D eigenvalue weighted by atomic mass is 19.3. The second kappa shape index (κ2) is 19.5. The maximum Gasteiger partial charge on any atom is 0.294 e. The van der Waals surface area contributed by atoms with Crippen molar-refractivity contribution in [3.05, 3.63) is 204 Å². The van der Waals surface area contributed by atoms with Crippen molar-refractivity contribution < 1.29 is 37.2 Å². The molecule has 1 aliphatic rings. The lowest BCUT2D eigenvalue weighted by atomic mass is 9.77. The summed E-state index contributed by atoms with van der Waals surface area (Å²) >= 11 is 0. The van der Waals surface area contributed by atoms with E-state index in [1.54, 1.807) is 24.3 Å². The zero-order valence-corrected chi connectivity index (χ0v) is 31.1. The summed E-state index contributed by atoms with van der Waals surface area (Å²) in [5.74, 6) is -4.15. The molecular formula is C48H46F2O6. The second-order valence-corrected chi connectivity index (χ2v) is 13.8. The molecule has 288 valence electrons. The quantitative estimate of drug-likeness (QED) is 0.0871. The smallest absolute Gasteiger partial charge is 0.294 e. The number of halogens is 2. The molecule has 0 heterocycles. The van der Waals surface area contributed by atoms with Gasteiger partial charge in [-0.25, -0.2) is 8.78 Å². The lowest BCUT2D eigenvalue weighted by Gasteiger charge is -2.50. The zero-order valence-electron chi connectivity index (χ0n) is 31.1. The monoisotopic (exact) mass is 756 g/mol. The molecule has 6 aromatic rings. The van der Waals surface area contributed by atoms with Gasteiger partial charge in [-0.2, -0.15) is 0 Å². The Labute approximate surface area is 327 Å². The van der Waals surface area contributed by atoms with Crippen LogP contribution in [-0.4, -0.2) is 36.9 Å². The fourth-order valence-corrected chi connectivity index (χ4v) is 6.85. The molecule has 1 fully saturated rings. The van der Waals surface area contributed by atoms with Gasteiger partial charge >= 0.3 is 0 Å². The molecule has 0 amide bonds. The zero-order chi connectivity index (χ0) is 38.4. The van der Waals surface area contributed by atoms with Crippen molar-refractivity contribution in [1.82, 2.24) is 0 Å². The number of rotatable bonds is 18. The molecule has 1 aliphatic carbocycles. The third kappa shape index (κ3) is 10.5. The van der Waals surface area contributed by atoms with Crippen molar-refractivity contribution in [2.24, 2.45) is 5.92 Å². The van der Waals surface area contributed by atoms with Crippen molar-refractivity contribution in [3.63, 3.8) is 0 Å². The molecular weight excluding hydrogens is 711 g/mol. The Morgan fingerprint density at radius 3 is 1.23 bits per heavy atom. The van der Waals surface area contributed by atoms with E-state index in [0.29, 0.717) is 12.4 Å². The molecule has 0 N–H and O–H groups in total. The van der Waals surface area contributed by atoms with Crippen LogP contribution in [0.3, 0.4) is 0 Å². The molecule has 0 bridgehead atoms. The van der Waals surface area contributed by atoms with E-state index in [1.165, 1.54) is 0 Å². The molecule has 7 rings (SSSR count). The summed E-state index contributed by atoms with van der Waals surface area (Å²) in [5, 5.41) is 0. The van der Waals surface area contributed by atoms with E-state index in [0.717, 1.165) is 27.8 Å². The first-order chi connectivity index (χ1) is 27.5. The molecule has 1 saturated carbocycles. The minimum Gasteiger partial charge on any atom is -0.489 e. The van der Waals surface area contributed by atoms with Gasteiger partial charge in [0.1, 0.15) is 30.3 Å². The minimum absolute atomic E-state index is 0.0550. The predicted molar refractivity (Wildman–Crippen MR) is 211 cm³/mol. The van der Waals surface area contributed by atoms with Crippen LogP contribution in [0.25, 0.3) is 0 Å². The topological polar surface area (TPSA) is 55.4 Å². The molecule has 0 unspecified atom stereocenters. The highest BCUT2D eigenvalue weighted by Gasteiger charge is 2.64. The normalized spacial score (nSPS) is 20.3. The third-order valence-electron chi connectivity index (χ3n) is 9.82. The molecule has 6 aromatic carbocycles. The summed E-state index contributed by atoms with van der Waals surface area (Å²) in [6.45, 7) is 0.489. The molecule has 0 aromatic heterocycles. The van der Waals surface area contributed by atoms with Gasteiger partial charge in [-0.1, -0.05) is 152 Å².